The first kappa shape index (κ1) is 14.2. The molecule has 112 valence electrons. The van der Waals surface area contributed by atoms with Gasteiger partial charge < -0.3 is 0 Å². The summed E-state index contributed by atoms with van der Waals surface area (Å²) in [7, 11) is 0. The molecular weight excluding hydrogens is 276 g/mol. The molecule has 1 aromatic heterocycles. The molecule has 6 heteroatoms. The van der Waals surface area contributed by atoms with Crippen molar-refractivity contribution in [2.24, 2.45) is 10.8 Å². The maximum atomic E-state index is 6.18. The van der Waals surface area contributed by atoms with Gasteiger partial charge in [0.1, 0.15) is 6.04 Å². The Bertz CT molecular complexity index is 715. The third-order valence-electron chi connectivity index (χ3n) is 3.48. The summed E-state index contributed by atoms with van der Waals surface area (Å²) in [5, 5.41) is 7.41. The summed E-state index contributed by atoms with van der Waals surface area (Å²) in [5.41, 5.74) is 9.14. The maximum Gasteiger partial charge on any atom is 0.375 e. The number of nitrogens with two attached hydrogens (primary N) is 1. The molecule has 0 bridgehead atoms. The Morgan fingerprint density at radius 2 is 1.86 bits per heavy atom. The van der Waals surface area contributed by atoms with Crippen molar-refractivity contribution in [3.8, 4) is 0 Å². The molecule has 6 nitrogen and oxygen atoms in total. The third-order valence-corrected chi connectivity index (χ3v) is 3.48. The van der Waals surface area contributed by atoms with Gasteiger partial charge in [0.15, 0.2) is 0 Å². The number of hydrazone groups is 1. The fourth-order valence-corrected chi connectivity index (χ4v) is 2.55. The van der Waals surface area contributed by atoms with Gasteiger partial charge in [0, 0.05) is 24.0 Å². The van der Waals surface area contributed by atoms with E-state index in [0.717, 1.165) is 17.8 Å². The first-order valence-corrected chi connectivity index (χ1v) is 7.22. The summed E-state index contributed by atoms with van der Waals surface area (Å²) in [5.74, 6) is 0.913. The molecule has 0 saturated carbocycles. The van der Waals surface area contributed by atoms with Gasteiger partial charge in [-0.25, -0.2) is 15.3 Å². The van der Waals surface area contributed by atoms with Crippen LogP contribution in [0.3, 0.4) is 0 Å². The van der Waals surface area contributed by atoms with Crippen molar-refractivity contribution >= 4 is 18.1 Å². The van der Waals surface area contributed by atoms with E-state index in [-0.39, 0.29) is 6.04 Å². The smallest absolute Gasteiger partial charge is 0.289 e. The molecule has 0 unspecified atom stereocenters. The van der Waals surface area contributed by atoms with E-state index in [1.807, 2.05) is 44.3 Å². The second-order valence-electron chi connectivity index (χ2n) is 5.29. The van der Waals surface area contributed by atoms with Crippen molar-refractivity contribution in [3.05, 3.63) is 53.3 Å². The number of anilines is 1. The standard InChI is InChI=1S/C16H18N6/c1-11-10-12(2)20-16(19-11)21-15(17)22-14(8-9-18-22)13-6-4-3-5-7-13/h3-7,9-10,14H,8H2,1-2H3,(H2,17,19,20,21)/p+1/t14-/m0/s1. The van der Waals surface area contributed by atoms with Gasteiger partial charge in [0.2, 0.25) is 0 Å². The molecule has 0 radical (unpaired) electrons. The number of benzene rings is 1. The SMILES string of the molecule is Cc1cc(C)nc(NC(N)=[N+]2N=CC[C@H]2c2ccccc2)n1. The van der Waals surface area contributed by atoms with E-state index >= 15 is 0 Å². The van der Waals surface area contributed by atoms with E-state index in [4.69, 9.17) is 5.73 Å². The molecule has 0 amide bonds. The summed E-state index contributed by atoms with van der Waals surface area (Å²) < 4.78 is 1.77. The minimum Gasteiger partial charge on any atom is -0.289 e. The number of rotatable bonds is 2. The lowest BCUT2D eigenvalue weighted by atomic mass is 10.1. The highest BCUT2D eigenvalue weighted by Gasteiger charge is 2.26. The molecule has 3 rings (SSSR count). The van der Waals surface area contributed by atoms with Crippen molar-refractivity contribution in [1.29, 1.82) is 0 Å². The fraction of sp³-hybridized carbons (Fsp3) is 0.250. The Hall–Kier alpha value is -2.76. The zero-order valence-electron chi connectivity index (χ0n) is 12.7. The topological polar surface area (TPSA) is 79.2 Å². The molecule has 22 heavy (non-hydrogen) atoms. The predicted octanol–water partition coefficient (Wildman–Crippen LogP) is 1.96. The first-order valence-electron chi connectivity index (χ1n) is 7.22. The van der Waals surface area contributed by atoms with E-state index in [2.05, 4.69) is 32.5 Å². The number of nitrogens with zero attached hydrogens (tertiary/aromatic N) is 4. The lowest BCUT2D eigenvalue weighted by molar-refractivity contribution is -0.568. The van der Waals surface area contributed by atoms with Crippen molar-refractivity contribution in [1.82, 2.24) is 9.97 Å². The van der Waals surface area contributed by atoms with Crippen LogP contribution in [0.5, 0.6) is 0 Å². The zero-order valence-corrected chi connectivity index (χ0v) is 12.7. The molecule has 2 heterocycles. The van der Waals surface area contributed by atoms with Crippen LogP contribution in [-0.4, -0.2) is 26.8 Å². The average Bonchev–Trinajstić information content (AvgIpc) is 2.96. The molecule has 1 atom stereocenters. The second-order valence-corrected chi connectivity index (χ2v) is 5.29. The Morgan fingerprint density at radius 3 is 2.55 bits per heavy atom. The van der Waals surface area contributed by atoms with Crippen LogP contribution in [0, 0.1) is 13.8 Å². The van der Waals surface area contributed by atoms with Crippen molar-refractivity contribution in [2.75, 3.05) is 5.32 Å². The zero-order chi connectivity index (χ0) is 15.5. The van der Waals surface area contributed by atoms with E-state index in [1.165, 1.54) is 5.56 Å². The second kappa shape index (κ2) is 5.93. The number of nitrogens with one attached hydrogen (secondary N) is 1. The first-order chi connectivity index (χ1) is 10.6. The van der Waals surface area contributed by atoms with Crippen LogP contribution in [0.4, 0.5) is 5.95 Å². The highest BCUT2D eigenvalue weighted by Crippen LogP contribution is 2.24. The molecule has 0 aliphatic carbocycles. The average molecular weight is 295 g/mol. The highest BCUT2D eigenvalue weighted by molar-refractivity contribution is 5.86. The predicted molar refractivity (Wildman–Crippen MR) is 86.9 cm³/mol. The van der Waals surface area contributed by atoms with E-state index < -0.39 is 0 Å². The summed E-state index contributed by atoms with van der Waals surface area (Å²) in [6, 6.07) is 12.2. The van der Waals surface area contributed by atoms with Crippen LogP contribution in [0.1, 0.15) is 29.4 Å². The number of aromatic nitrogens is 2. The molecule has 1 aliphatic heterocycles. The monoisotopic (exact) mass is 295 g/mol. The van der Waals surface area contributed by atoms with Gasteiger partial charge in [-0.15, -0.1) is 9.79 Å². The lowest BCUT2D eigenvalue weighted by Crippen LogP contribution is -2.33. The van der Waals surface area contributed by atoms with Crippen LogP contribution in [0.15, 0.2) is 41.5 Å². The van der Waals surface area contributed by atoms with Crippen LogP contribution in [-0.2, 0) is 0 Å². The molecule has 0 fully saturated rings. The summed E-state index contributed by atoms with van der Waals surface area (Å²) >= 11 is 0. The molecule has 2 aromatic rings. The number of guanidine groups is 1. The maximum absolute atomic E-state index is 6.18. The number of hydrogen-bond donors (Lipinski definition) is 2. The quantitative estimate of drug-likeness (QED) is 0.656. The molecule has 0 spiro atoms. The number of aryl methyl sites for hydroxylation is 2. The van der Waals surface area contributed by atoms with Crippen LogP contribution in [0.25, 0.3) is 0 Å². The molecule has 1 aromatic carbocycles. The molecule has 3 N–H and O–H groups in total. The van der Waals surface area contributed by atoms with E-state index in [1.54, 1.807) is 4.68 Å². The van der Waals surface area contributed by atoms with Gasteiger partial charge in [0.25, 0.3) is 5.95 Å². The van der Waals surface area contributed by atoms with Crippen molar-refractivity contribution in [3.63, 3.8) is 0 Å². The van der Waals surface area contributed by atoms with Crippen molar-refractivity contribution < 1.29 is 4.68 Å². The normalized spacial score (nSPS) is 19.3. The van der Waals surface area contributed by atoms with Crippen LogP contribution >= 0.6 is 0 Å². The van der Waals surface area contributed by atoms with Gasteiger partial charge in [-0.3, -0.25) is 5.73 Å². The lowest BCUT2D eigenvalue weighted by Gasteiger charge is -2.11. The number of hydrogen-bond acceptors (Lipinski definition) is 3. The fourth-order valence-electron chi connectivity index (χ4n) is 2.55. The van der Waals surface area contributed by atoms with Crippen molar-refractivity contribution in [2.45, 2.75) is 26.3 Å². The third kappa shape index (κ3) is 2.95. The Labute approximate surface area is 129 Å². The van der Waals surface area contributed by atoms with Gasteiger partial charge in [-0.1, -0.05) is 30.3 Å². The summed E-state index contributed by atoms with van der Waals surface area (Å²) in [4.78, 5) is 8.68. The Morgan fingerprint density at radius 1 is 1.18 bits per heavy atom. The largest absolute Gasteiger partial charge is 0.375 e. The Kier molecular flexibility index (Phi) is 3.82. The highest BCUT2D eigenvalue weighted by atomic mass is 15.5. The van der Waals surface area contributed by atoms with Gasteiger partial charge in [0.05, 0.1) is 0 Å². The van der Waals surface area contributed by atoms with Crippen LogP contribution in [0.2, 0.25) is 0 Å². The van der Waals surface area contributed by atoms with Crippen LogP contribution < -0.4 is 11.1 Å². The van der Waals surface area contributed by atoms with Gasteiger partial charge >= 0.3 is 5.96 Å². The Balaban J connectivity index is 1.89. The molecule has 1 aliphatic rings. The van der Waals surface area contributed by atoms with Gasteiger partial charge in [-0.05, 0) is 25.5 Å². The summed E-state index contributed by atoms with van der Waals surface area (Å²) in [6.45, 7) is 3.85. The minimum atomic E-state index is 0.0969. The van der Waals surface area contributed by atoms with E-state index in [9.17, 15) is 0 Å². The minimum absolute atomic E-state index is 0.0969. The van der Waals surface area contributed by atoms with Gasteiger partial charge in [-0.2, -0.15) is 0 Å². The molecular formula is C16H19N6+. The van der Waals surface area contributed by atoms with E-state index in [0.29, 0.717) is 11.9 Å². The summed E-state index contributed by atoms with van der Waals surface area (Å²) in [6.07, 6.45) is 2.69. The molecule has 0 saturated heterocycles.